The van der Waals surface area contributed by atoms with Gasteiger partial charge in [-0.25, -0.2) is 4.98 Å². The second-order valence-electron chi connectivity index (χ2n) is 6.20. The van der Waals surface area contributed by atoms with Crippen LogP contribution >= 0.6 is 24.0 Å². The number of guanidine groups is 1. The van der Waals surface area contributed by atoms with Gasteiger partial charge in [-0.15, -0.1) is 24.0 Å². The average molecular weight is 509 g/mol. The average Bonchev–Trinajstić information content (AvgIpc) is 3.14. The standard InChI is InChI=1S/C21H27N5O2.HI/c1-4-28-19-11-10-16(14-20(19)27-3)25-21(22-2)23-12-7-13-26-15-24-17-8-5-6-9-18(17)26;/h5-6,8-11,14-15H,4,7,12-13H2,1-3H3,(H2,22,23,25);1H. The number of para-hydroxylation sites is 2. The number of rotatable bonds is 8. The molecular weight excluding hydrogens is 481 g/mol. The molecule has 7 nitrogen and oxygen atoms in total. The van der Waals surface area contributed by atoms with Gasteiger partial charge in [0.25, 0.3) is 0 Å². The molecule has 0 saturated heterocycles. The molecule has 0 aliphatic carbocycles. The second kappa shape index (κ2) is 11.5. The Hall–Kier alpha value is -2.49. The molecule has 3 rings (SSSR count). The Morgan fingerprint density at radius 2 is 2.00 bits per heavy atom. The van der Waals surface area contributed by atoms with Crippen molar-refractivity contribution in [3.8, 4) is 11.5 Å². The Kier molecular flexibility index (Phi) is 9.04. The number of fused-ring (bicyclic) bond motifs is 1. The quantitative estimate of drug-likeness (QED) is 0.207. The van der Waals surface area contributed by atoms with E-state index in [1.165, 1.54) is 0 Å². The number of ether oxygens (including phenoxy) is 2. The van der Waals surface area contributed by atoms with Crippen LogP contribution in [0.15, 0.2) is 53.8 Å². The number of hydrogen-bond acceptors (Lipinski definition) is 4. The lowest BCUT2D eigenvalue weighted by Crippen LogP contribution is -2.31. The van der Waals surface area contributed by atoms with E-state index >= 15 is 0 Å². The van der Waals surface area contributed by atoms with Crippen LogP contribution in [0.4, 0.5) is 5.69 Å². The predicted octanol–water partition coefficient (Wildman–Crippen LogP) is 4.14. The van der Waals surface area contributed by atoms with Gasteiger partial charge in [0.05, 0.1) is 31.1 Å². The highest BCUT2D eigenvalue weighted by Crippen LogP contribution is 2.30. The van der Waals surface area contributed by atoms with Gasteiger partial charge in [-0.3, -0.25) is 4.99 Å². The fourth-order valence-corrected chi connectivity index (χ4v) is 2.98. The van der Waals surface area contributed by atoms with Crippen molar-refractivity contribution in [3.05, 3.63) is 48.8 Å². The molecule has 0 aliphatic rings. The normalized spacial score (nSPS) is 11.1. The largest absolute Gasteiger partial charge is 0.493 e. The van der Waals surface area contributed by atoms with Crippen LogP contribution in [0.25, 0.3) is 11.0 Å². The second-order valence-corrected chi connectivity index (χ2v) is 6.20. The van der Waals surface area contributed by atoms with E-state index < -0.39 is 0 Å². The summed E-state index contributed by atoms with van der Waals surface area (Å²) in [4.78, 5) is 8.71. The van der Waals surface area contributed by atoms with Gasteiger partial charge >= 0.3 is 0 Å². The molecule has 0 saturated carbocycles. The van der Waals surface area contributed by atoms with Crippen LogP contribution in [0.5, 0.6) is 11.5 Å². The summed E-state index contributed by atoms with van der Waals surface area (Å²) in [5.41, 5.74) is 3.07. The highest BCUT2D eigenvalue weighted by atomic mass is 127. The molecule has 2 aromatic carbocycles. The summed E-state index contributed by atoms with van der Waals surface area (Å²) in [6.45, 7) is 4.23. The van der Waals surface area contributed by atoms with E-state index in [0.29, 0.717) is 18.3 Å². The summed E-state index contributed by atoms with van der Waals surface area (Å²) in [6, 6.07) is 13.9. The van der Waals surface area contributed by atoms with E-state index in [1.807, 2.05) is 49.6 Å². The number of anilines is 1. The molecule has 1 aromatic heterocycles. The van der Waals surface area contributed by atoms with Gasteiger partial charge in [0.1, 0.15) is 0 Å². The van der Waals surface area contributed by atoms with Gasteiger partial charge < -0.3 is 24.7 Å². The molecule has 8 heteroatoms. The van der Waals surface area contributed by atoms with Crippen LogP contribution in [-0.4, -0.2) is 42.8 Å². The summed E-state index contributed by atoms with van der Waals surface area (Å²) in [5, 5.41) is 6.62. The number of hydrogen-bond donors (Lipinski definition) is 2. The first-order valence-electron chi connectivity index (χ1n) is 9.43. The number of methoxy groups -OCH3 is 1. The molecule has 0 aliphatic heterocycles. The number of aromatic nitrogens is 2. The fourth-order valence-electron chi connectivity index (χ4n) is 2.98. The Bertz CT molecular complexity index is 942. The van der Waals surface area contributed by atoms with Crippen molar-refractivity contribution in [3.63, 3.8) is 0 Å². The topological polar surface area (TPSA) is 72.7 Å². The number of benzene rings is 2. The molecule has 1 heterocycles. The van der Waals surface area contributed by atoms with Gasteiger partial charge in [0.15, 0.2) is 17.5 Å². The summed E-state index contributed by atoms with van der Waals surface area (Å²) in [6.07, 6.45) is 2.84. The Morgan fingerprint density at radius 3 is 2.76 bits per heavy atom. The van der Waals surface area contributed by atoms with E-state index in [-0.39, 0.29) is 24.0 Å². The first kappa shape index (κ1) is 22.8. The zero-order valence-electron chi connectivity index (χ0n) is 17.0. The summed E-state index contributed by atoms with van der Waals surface area (Å²) < 4.78 is 13.1. The molecular formula is C21H28IN5O2. The predicted molar refractivity (Wildman–Crippen MR) is 129 cm³/mol. The third-order valence-corrected chi connectivity index (χ3v) is 4.35. The highest BCUT2D eigenvalue weighted by Gasteiger charge is 2.07. The lowest BCUT2D eigenvalue weighted by molar-refractivity contribution is 0.311. The first-order valence-corrected chi connectivity index (χ1v) is 9.43. The number of halogens is 1. The minimum absolute atomic E-state index is 0. The Balaban J connectivity index is 0.00000300. The third kappa shape index (κ3) is 5.99. The molecule has 0 fully saturated rings. The van der Waals surface area contributed by atoms with E-state index in [9.17, 15) is 0 Å². The van der Waals surface area contributed by atoms with Crippen LogP contribution in [0.2, 0.25) is 0 Å². The maximum Gasteiger partial charge on any atom is 0.195 e. The molecule has 2 N–H and O–H groups in total. The minimum Gasteiger partial charge on any atom is -0.493 e. The van der Waals surface area contributed by atoms with Crippen LogP contribution < -0.4 is 20.1 Å². The van der Waals surface area contributed by atoms with Gasteiger partial charge in [-0.1, -0.05) is 12.1 Å². The minimum atomic E-state index is 0. The maximum atomic E-state index is 5.55. The van der Waals surface area contributed by atoms with Gasteiger partial charge in [-0.05, 0) is 37.6 Å². The van der Waals surface area contributed by atoms with Crippen molar-refractivity contribution in [1.82, 2.24) is 14.9 Å². The summed E-state index contributed by atoms with van der Waals surface area (Å²) >= 11 is 0. The van der Waals surface area contributed by atoms with Crippen LogP contribution in [0.3, 0.4) is 0 Å². The maximum absolute atomic E-state index is 5.55. The molecule has 0 bridgehead atoms. The highest BCUT2D eigenvalue weighted by molar-refractivity contribution is 14.0. The third-order valence-electron chi connectivity index (χ3n) is 4.35. The van der Waals surface area contributed by atoms with Crippen molar-refractivity contribution < 1.29 is 9.47 Å². The van der Waals surface area contributed by atoms with Crippen molar-refractivity contribution in [2.75, 3.05) is 32.6 Å². The van der Waals surface area contributed by atoms with Crippen molar-refractivity contribution >= 4 is 46.7 Å². The zero-order chi connectivity index (χ0) is 19.8. The monoisotopic (exact) mass is 509 g/mol. The lowest BCUT2D eigenvalue weighted by Gasteiger charge is -2.14. The number of aryl methyl sites for hydroxylation is 1. The molecule has 0 atom stereocenters. The number of imidazole rings is 1. The van der Waals surface area contributed by atoms with Crippen LogP contribution in [0, 0.1) is 0 Å². The zero-order valence-corrected chi connectivity index (χ0v) is 19.3. The van der Waals surface area contributed by atoms with Gasteiger partial charge in [0, 0.05) is 31.9 Å². The molecule has 0 spiro atoms. The smallest absolute Gasteiger partial charge is 0.195 e. The molecule has 0 amide bonds. The van der Waals surface area contributed by atoms with Gasteiger partial charge in [-0.2, -0.15) is 0 Å². The Morgan fingerprint density at radius 1 is 1.17 bits per heavy atom. The number of aliphatic imine (C=N–C) groups is 1. The fraction of sp³-hybridized carbons (Fsp3) is 0.333. The Labute approximate surface area is 188 Å². The van der Waals surface area contributed by atoms with Crippen molar-refractivity contribution in [2.45, 2.75) is 19.9 Å². The summed E-state index contributed by atoms with van der Waals surface area (Å²) in [5.74, 6) is 2.13. The molecule has 0 unspecified atom stereocenters. The molecule has 0 radical (unpaired) electrons. The van der Waals surface area contributed by atoms with E-state index in [0.717, 1.165) is 42.0 Å². The lowest BCUT2D eigenvalue weighted by atomic mass is 10.2. The molecule has 156 valence electrons. The van der Waals surface area contributed by atoms with Gasteiger partial charge in [0.2, 0.25) is 0 Å². The van der Waals surface area contributed by atoms with E-state index in [2.05, 4.69) is 31.2 Å². The number of nitrogens with one attached hydrogen (secondary N) is 2. The van der Waals surface area contributed by atoms with E-state index in [4.69, 9.17) is 9.47 Å². The van der Waals surface area contributed by atoms with Crippen molar-refractivity contribution in [2.24, 2.45) is 4.99 Å². The van der Waals surface area contributed by atoms with Crippen LogP contribution in [0.1, 0.15) is 13.3 Å². The SMILES string of the molecule is CCOc1ccc(NC(=NC)NCCCn2cnc3ccccc32)cc1OC.I. The summed E-state index contributed by atoms with van der Waals surface area (Å²) in [7, 11) is 3.39. The molecule has 3 aromatic rings. The number of nitrogens with zero attached hydrogens (tertiary/aromatic N) is 3. The van der Waals surface area contributed by atoms with Crippen LogP contribution in [-0.2, 0) is 6.54 Å². The molecule has 29 heavy (non-hydrogen) atoms. The van der Waals surface area contributed by atoms with Crippen molar-refractivity contribution in [1.29, 1.82) is 0 Å². The van der Waals surface area contributed by atoms with E-state index in [1.54, 1.807) is 14.2 Å². The first-order chi connectivity index (χ1) is 13.7.